The molecule has 5 aliphatic rings. The number of H-pyrrole nitrogens is 1. The third-order valence-electron chi connectivity index (χ3n) is 10.9. The summed E-state index contributed by atoms with van der Waals surface area (Å²) in [6.07, 6.45) is -1.99. The van der Waals surface area contributed by atoms with Gasteiger partial charge in [-0.15, -0.1) is 0 Å². The van der Waals surface area contributed by atoms with Gasteiger partial charge in [0.25, 0.3) is 5.56 Å². The first-order chi connectivity index (χ1) is 21.3. The van der Waals surface area contributed by atoms with Gasteiger partial charge in [-0.05, 0) is 51.2 Å². The molecule has 1 saturated heterocycles. The van der Waals surface area contributed by atoms with Crippen molar-refractivity contribution in [2.75, 3.05) is 6.61 Å². The van der Waals surface area contributed by atoms with Gasteiger partial charge in [0.05, 0.1) is 12.2 Å². The Balaban J connectivity index is 1.30. The Bertz CT molecular complexity index is 1760. The number of esters is 1. The zero-order valence-corrected chi connectivity index (χ0v) is 25.5. The minimum atomic E-state index is -2.41. The number of carbonyl (C=O) groups excluding carboxylic acids is 4. The van der Waals surface area contributed by atoms with E-state index >= 15 is 8.78 Å². The molecule has 3 fully saturated rings. The molecule has 0 spiro atoms. The second kappa shape index (κ2) is 10.2. The van der Waals surface area contributed by atoms with Crippen molar-refractivity contribution >= 4 is 23.4 Å². The Hall–Kier alpha value is -3.69. The number of nitrogens with zero attached hydrogens (tertiary/aromatic N) is 1. The van der Waals surface area contributed by atoms with Gasteiger partial charge in [0.15, 0.2) is 29.4 Å². The van der Waals surface area contributed by atoms with Crippen LogP contribution in [-0.2, 0) is 28.6 Å². The van der Waals surface area contributed by atoms with E-state index in [1.165, 1.54) is 19.1 Å². The monoisotopic (exact) mass is 650 g/mol. The van der Waals surface area contributed by atoms with E-state index in [0.717, 1.165) is 0 Å². The number of ketones is 2. The first-order valence-electron chi connectivity index (χ1n) is 14.9. The quantitative estimate of drug-likeness (QED) is 0.355. The van der Waals surface area contributed by atoms with Crippen molar-refractivity contribution in [1.82, 2.24) is 9.55 Å². The number of alkyl halides is 1. The fourth-order valence-corrected chi connectivity index (χ4v) is 8.96. The third-order valence-corrected chi connectivity index (χ3v) is 10.9. The molecule has 4 aliphatic carbocycles. The molecule has 2 heterocycles. The first-order valence-corrected chi connectivity index (χ1v) is 14.9. The Kier molecular flexibility index (Phi) is 7.12. The summed E-state index contributed by atoms with van der Waals surface area (Å²) in [5.41, 5.74) is -10.2. The SMILES string of the molecule is CC1(C)OC2CC3C4CC(F)=C5CC(=O)C=C[C@]5(C)[C@@]4(F)[C@@H](O)C[C@]3(C)C2(C(=O)COC(=O)CC(=O)n2c(=O)[nH]cc(F)c2=O)O1. The van der Waals surface area contributed by atoms with Crippen molar-refractivity contribution < 1.29 is 51.7 Å². The fourth-order valence-electron chi connectivity index (χ4n) is 8.96. The van der Waals surface area contributed by atoms with Gasteiger partial charge in [-0.3, -0.25) is 24.0 Å². The van der Waals surface area contributed by atoms with Crippen molar-refractivity contribution in [3.05, 3.63) is 56.4 Å². The van der Waals surface area contributed by atoms with Crippen LogP contribution in [0.5, 0.6) is 0 Å². The van der Waals surface area contributed by atoms with Crippen LogP contribution in [0, 0.1) is 28.5 Å². The summed E-state index contributed by atoms with van der Waals surface area (Å²) in [6, 6.07) is 0. The Labute approximate surface area is 259 Å². The number of carbonyl (C=O) groups is 4. The standard InChI is InChI=1S/C31H33F3N2O10/c1-27(2)45-22-9-15-16-8-18(32)17-7-14(37)5-6-28(17,3)30(16,34)20(38)11-29(15,4)31(22,46-27)21(39)13-44-24(41)10-23(40)36-25(42)19(33)12-35-26(36)43/h5-6,12,15-16,20,22,38H,7-11,13H2,1-4H3,(H,35,43)/t15?,16?,20-,22?,28-,29-,30-,31?/m0/s1. The molecule has 46 heavy (non-hydrogen) atoms. The minimum absolute atomic E-state index is 0.0111. The van der Waals surface area contributed by atoms with Gasteiger partial charge in [0.2, 0.25) is 17.5 Å². The maximum Gasteiger partial charge on any atom is 0.335 e. The lowest BCUT2D eigenvalue weighted by Gasteiger charge is -2.62. The van der Waals surface area contributed by atoms with Crippen LogP contribution in [0.2, 0.25) is 0 Å². The maximum absolute atomic E-state index is 17.5. The summed E-state index contributed by atoms with van der Waals surface area (Å²) in [6.45, 7) is 5.22. The van der Waals surface area contributed by atoms with Crippen LogP contribution in [0.4, 0.5) is 13.2 Å². The van der Waals surface area contributed by atoms with E-state index in [4.69, 9.17) is 14.2 Å². The van der Waals surface area contributed by atoms with Crippen molar-refractivity contribution in [1.29, 1.82) is 0 Å². The second-order valence-electron chi connectivity index (χ2n) is 13.7. The highest BCUT2D eigenvalue weighted by Gasteiger charge is 2.80. The number of aromatic amines is 1. The number of aliphatic hydroxyl groups excluding tert-OH is 1. The third kappa shape index (κ3) is 4.16. The number of rotatable bonds is 5. The predicted molar refractivity (Wildman–Crippen MR) is 149 cm³/mol. The number of allylic oxidation sites excluding steroid dienone is 4. The number of ether oxygens (including phenoxy) is 3. The summed E-state index contributed by atoms with van der Waals surface area (Å²) >= 11 is 0. The molecule has 6 rings (SSSR count). The molecule has 0 radical (unpaired) electrons. The topological polar surface area (TPSA) is 171 Å². The summed E-state index contributed by atoms with van der Waals surface area (Å²) in [4.78, 5) is 76.9. The van der Waals surface area contributed by atoms with E-state index in [0.29, 0.717) is 6.20 Å². The molecular weight excluding hydrogens is 617 g/mol. The Morgan fingerprint density at radius 1 is 1.13 bits per heavy atom. The Morgan fingerprint density at radius 2 is 1.83 bits per heavy atom. The van der Waals surface area contributed by atoms with Crippen molar-refractivity contribution in [3.8, 4) is 0 Å². The molecule has 15 heteroatoms. The van der Waals surface area contributed by atoms with Gasteiger partial charge in [0.1, 0.15) is 12.2 Å². The van der Waals surface area contributed by atoms with Crippen LogP contribution in [0.3, 0.4) is 0 Å². The largest absolute Gasteiger partial charge is 0.457 e. The van der Waals surface area contributed by atoms with Crippen molar-refractivity contribution in [3.63, 3.8) is 0 Å². The number of halogens is 3. The number of fused-ring (bicyclic) bond motifs is 7. The number of nitrogens with one attached hydrogen (secondary N) is 1. The lowest BCUT2D eigenvalue weighted by molar-refractivity contribution is -0.244. The molecular formula is C31H33F3N2O10. The van der Waals surface area contributed by atoms with E-state index in [1.807, 2.05) is 4.98 Å². The molecule has 0 bridgehead atoms. The molecule has 4 unspecified atom stereocenters. The van der Waals surface area contributed by atoms with Crippen molar-refractivity contribution in [2.45, 2.75) is 89.1 Å². The lowest BCUT2D eigenvalue weighted by Crippen LogP contribution is -2.70. The minimum Gasteiger partial charge on any atom is -0.457 e. The average molecular weight is 651 g/mol. The summed E-state index contributed by atoms with van der Waals surface area (Å²) in [5, 5.41) is 11.6. The molecule has 1 aliphatic heterocycles. The normalized spacial score (nSPS) is 38.9. The van der Waals surface area contributed by atoms with Crippen LogP contribution >= 0.6 is 0 Å². The van der Waals surface area contributed by atoms with E-state index in [1.54, 1.807) is 20.8 Å². The molecule has 12 nitrogen and oxygen atoms in total. The van der Waals surface area contributed by atoms with Gasteiger partial charge < -0.3 is 24.3 Å². The highest BCUT2D eigenvalue weighted by Crippen LogP contribution is 2.72. The highest BCUT2D eigenvalue weighted by molar-refractivity contribution is 5.97. The summed E-state index contributed by atoms with van der Waals surface area (Å²) < 4.78 is 64.3. The zero-order valence-electron chi connectivity index (χ0n) is 25.5. The van der Waals surface area contributed by atoms with Crippen LogP contribution in [0.15, 0.2) is 39.3 Å². The van der Waals surface area contributed by atoms with Crippen LogP contribution in [-0.4, -0.2) is 74.0 Å². The van der Waals surface area contributed by atoms with E-state index in [-0.39, 0.29) is 35.2 Å². The second-order valence-corrected chi connectivity index (χ2v) is 13.7. The van der Waals surface area contributed by atoms with Gasteiger partial charge in [-0.2, -0.15) is 8.96 Å². The molecule has 8 atom stereocenters. The van der Waals surface area contributed by atoms with Gasteiger partial charge in [0, 0.05) is 35.8 Å². The predicted octanol–water partition coefficient (Wildman–Crippen LogP) is 1.99. The molecule has 248 valence electrons. The molecule has 0 aromatic carbocycles. The molecule has 2 saturated carbocycles. The van der Waals surface area contributed by atoms with Crippen molar-refractivity contribution in [2.24, 2.45) is 22.7 Å². The van der Waals surface area contributed by atoms with E-state index < -0.39 is 112 Å². The van der Waals surface area contributed by atoms with Crippen LogP contribution < -0.4 is 11.2 Å². The molecule has 2 N–H and O–H groups in total. The number of aliphatic hydroxyl groups is 1. The van der Waals surface area contributed by atoms with E-state index in [9.17, 15) is 38.3 Å². The number of hydrogen-bond acceptors (Lipinski definition) is 10. The Morgan fingerprint density at radius 3 is 2.52 bits per heavy atom. The van der Waals surface area contributed by atoms with Gasteiger partial charge in [-0.1, -0.05) is 13.0 Å². The summed E-state index contributed by atoms with van der Waals surface area (Å²) in [5.74, 6) is -9.27. The highest BCUT2D eigenvalue weighted by atomic mass is 19.1. The van der Waals surface area contributed by atoms with Crippen LogP contribution in [0.1, 0.15) is 64.6 Å². The number of aromatic nitrogens is 2. The molecule has 1 aromatic rings. The zero-order chi connectivity index (χ0) is 33.8. The smallest absolute Gasteiger partial charge is 0.335 e. The van der Waals surface area contributed by atoms with Gasteiger partial charge >= 0.3 is 11.7 Å². The number of Topliss-reactive ketones (excluding diaryl/α,β-unsaturated/α-hetero) is 1. The fraction of sp³-hybridized carbons (Fsp3) is 0.613. The molecule has 1 aromatic heterocycles. The molecule has 0 amide bonds. The average Bonchev–Trinajstić information content (AvgIpc) is 3.38. The lowest BCUT2D eigenvalue weighted by atomic mass is 9.45. The number of hydrogen-bond donors (Lipinski definition) is 2. The van der Waals surface area contributed by atoms with E-state index in [2.05, 4.69) is 0 Å². The van der Waals surface area contributed by atoms with Crippen LogP contribution in [0.25, 0.3) is 0 Å². The van der Waals surface area contributed by atoms with Gasteiger partial charge in [-0.25, -0.2) is 13.6 Å². The first kappa shape index (κ1) is 32.3. The maximum atomic E-state index is 17.5. The summed E-state index contributed by atoms with van der Waals surface area (Å²) in [7, 11) is 0.